The molecule has 1 aromatic carbocycles. The van der Waals surface area contributed by atoms with Crippen LogP contribution in [0.2, 0.25) is 0 Å². The molecule has 0 amide bonds. The Morgan fingerprint density at radius 1 is 1.12 bits per heavy atom. The van der Waals surface area contributed by atoms with E-state index in [9.17, 15) is 0 Å². The predicted octanol–water partition coefficient (Wildman–Crippen LogP) is 3.88. The molecule has 2 atom stereocenters. The van der Waals surface area contributed by atoms with Crippen molar-refractivity contribution >= 4 is 10.9 Å². The highest BCUT2D eigenvalue weighted by Gasteiger charge is 2.37. The summed E-state index contributed by atoms with van der Waals surface area (Å²) in [7, 11) is 0. The number of aryl methyl sites for hydroxylation is 1. The highest BCUT2D eigenvalue weighted by Crippen LogP contribution is 2.40. The average Bonchev–Trinajstić information content (AvgIpc) is 3.03. The molecule has 3 heteroatoms. The number of benzene rings is 1. The summed E-state index contributed by atoms with van der Waals surface area (Å²) in [6.07, 6.45) is 11.5. The third kappa shape index (κ3) is 2.58. The van der Waals surface area contributed by atoms with Crippen LogP contribution in [-0.2, 0) is 13.0 Å². The lowest BCUT2D eigenvalue weighted by Crippen LogP contribution is -3.13. The van der Waals surface area contributed by atoms with Crippen molar-refractivity contribution in [2.24, 2.45) is 0 Å². The van der Waals surface area contributed by atoms with E-state index in [1.807, 2.05) is 0 Å². The van der Waals surface area contributed by atoms with E-state index in [-0.39, 0.29) is 0 Å². The number of nitrogens with one attached hydrogen (secondary N) is 1. The van der Waals surface area contributed by atoms with E-state index in [1.54, 1.807) is 27.1 Å². The van der Waals surface area contributed by atoms with Gasteiger partial charge < -0.3 is 9.47 Å². The van der Waals surface area contributed by atoms with Crippen LogP contribution in [0, 0.1) is 11.3 Å². The SMILES string of the molecule is N#CCC[NH+]1CCn2c3c(c4cc(C5CCCCC5)ccc42)CCC[C@H]31. The van der Waals surface area contributed by atoms with Gasteiger partial charge in [-0.2, -0.15) is 5.26 Å². The Morgan fingerprint density at radius 2 is 2.00 bits per heavy atom. The van der Waals surface area contributed by atoms with Crippen molar-refractivity contribution in [3.63, 3.8) is 0 Å². The molecule has 0 radical (unpaired) electrons. The third-order valence-corrected chi connectivity index (χ3v) is 7.27. The zero-order valence-corrected chi connectivity index (χ0v) is 15.8. The number of rotatable bonds is 3. The summed E-state index contributed by atoms with van der Waals surface area (Å²) in [4.78, 5) is 1.65. The Balaban J connectivity index is 1.57. The van der Waals surface area contributed by atoms with E-state index in [1.165, 1.54) is 63.4 Å². The van der Waals surface area contributed by atoms with Crippen molar-refractivity contribution in [1.82, 2.24) is 4.57 Å². The fourth-order valence-corrected chi connectivity index (χ4v) is 6.02. The standard InChI is InChI=1S/C23H29N3/c24-12-5-13-25-14-15-26-21-11-10-18(17-6-2-1-3-7-17)16-20(21)19-8-4-9-22(25)23(19)26/h10-11,16-17,22H,1-9,13-15H2/p+1/t22-/m1/s1. The topological polar surface area (TPSA) is 33.2 Å². The van der Waals surface area contributed by atoms with Gasteiger partial charge >= 0.3 is 0 Å². The molecule has 1 N–H and O–H groups in total. The molecule has 3 aliphatic rings. The molecular formula is C23H30N3+. The maximum absolute atomic E-state index is 9.02. The van der Waals surface area contributed by atoms with E-state index >= 15 is 0 Å². The van der Waals surface area contributed by atoms with Gasteiger partial charge in [0.15, 0.2) is 0 Å². The van der Waals surface area contributed by atoms with Crippen LogP contribution in [0.25, 0.3) is 10.9 Å². The highest BCUT2D eigenvalue weighted by atomic mass is 15.2. The largest absolute Gasteiger partial charge is 0.334 e. The molecule has 2 aliphatic carbocycles. The van der Waals surface area contributed by atoms with Gasteiger partial charge in [0.25, 0.3) is 0 Å². The van der Waals surface area contributed by atoms with E-state index in [0.717, 1.165) is 19.0 Å². The minimum atomic E-state index is 0.617. The summed E-state index contributed by atoms with van der Waals surface area (Å²) in [5.74, 6) is 0.786. The van der Waals surface area contributed by atoms with Gasteiger partial charge in [-0.15, -0.1) is 0 Å². The molecule has 1 aliphatic heterocycles. The summed E-state index contributed by atoms with van der Waals surface area (Å²) in [6, 6.07) is 10.4. The zero-order valence-electron chi connectivity index (χ0n) is 15.8. The molecular weight excluding hydrogens is 318 g/mol. The Bertz CT molecular complexity index is 850. The van der Waals surface area contributed by atoms with Gasteiger partial charge in [0.1, 0.15) is 6.04 Å². The van der Waals surface area contributed by atoms with Crippen LogP contribution in [0.5, 0.6) is 0 Å². The molecule has 0 spiro atoms. The molecule has 2 heterocycles. The third-order valence-electron chi connectivity index (χ3n) is 7.27. The number of hydrogen-bond donors (Lipinski definition) is 1. The average molecular weight is 349 g/mol. The molecule has 0 saturated heterocycles. The molecule has 26 heavy (non-hydrogen) atoms. The lowest BCUT2D eigenvalue weighted by molar-refractivity contribution is -0.936. The molecule has 136 valence electrons. The molecule has 1 unspecified atom stereocenters. The summed E-state index contributed by atoms with van der Waals surface area (Å²) >= 11 is 0. The number of nitriles is 1. The van der Waals surface area contributed by atoms with Crippen molar-refractivity contribution in [2.75, 3.05) is 13.1 Å². The van der Waals surface area contributed by atoms with Crippen molar-refractivity contribution in [2.45, 2.75) is 76.3 Å². The second kappa shape index (κ2) is 6.74. The normalized spacial score (nSPS) is 25.8. The number of aromatic nitrogens is 1. The first-order chi connectivity index (χ1) is 12.9. The molecule has 0 bridgehead atoms. The molecule has 5 rings (SSSR count). The summed E-state index contributed by atoms with van der Waals surface area (Å²) in [5, 5.41) is 10.6. The van der Waals surface area contributed by atoms with Crippen molar-refractivity contribution in [1.29, 1.82) is 5.26 Å². The van der Waals surface area contributed by atoms with Gasteiger partial charge in [-0.05, 0) is 54.9 Å². The Morgan fingerprint density at radius 3 is 2.85 bits per heavy atom. The molecule has 3 nitrogen and oxygen atoms in total. The van der Waals surface area contributed by atoms with Crippen LogP contribution in [0.15, 0.2) is 18.2 Å². The van der Waals surface area contributed by atoms with Gasteiger partial charge in [0.05, 0.1) is 37.8 Å². The van der Waals surface area contributed by atoms with Crippen molar-refractivity contribution in [3.8, 4) is 6.07 Å². The molecule has 1 fully saturated rings. The van der Waals surface area contributed by atoms with Gasteiger partial charge in [0.2, 0.25) is 0 Å². The second-order valence-electron chi connectivity index (χ2n) is 8.64. The lowest BCUT2D eigenvalue weighted by atomic mass is 9.83. The Kier molecular flexibility index (Phi) is 4.25. The minimum Gasteiger partial charge on any atom is -0.334 e. The van der Waals surface area contributed by atoms with E-state index in [2.05, 4.69) is 28.8 Å². The van der Waals surface area contributed by atoms with Crippen LogP contribution in [-0.4, -0.2) is 17.7 Å². The molecule has 1 saturated carbocycles. The maximum Gasteiger partial charge on any atom is 0.129 e. The van der Waals surface area contributed by atoms with E-state index < -0.39 is 0 Å². The van der Waals surface area contributed by atoms with Gasteiger partial charge in [0, 0.05) is 17.3 Å². The second-order valence-corrected chi connectivity index (χ2v) is 8.64. The van der Waals surface area contributed by atoms with Gasteiger partial charge in [-0.25, -0.2) is 0 Å². The van der Waals surface area contributed by atoms with Crippen LogP contribution in [0.3, 0.4) is 0 Å². The summed E-state index contributed by atoms with van der Waals surface area (Å²) < 4.78 is 2.63. The van der Waals surface area contributed by atoms with Gasteiger partial charge in [-0.1, -0.05) is 25.3 Å². The number of quaternary nitrogens is 1. The predicted molar refractivity (Wildman–Crippen MR) is 104 cm³/mol. The molecule has 2 aromatic rings. The Labute approximate surface area is 156 Å². The Hall–Kier alpha value is -1.79. The monoisotopic (exact) mass is 348 g/mol. The fourth-order valence-electron chi connectivity index (χ4n) is 6.02. The minimum absolute atomic E-state index is 0.617. The van der Waals surface area contributed by atoms with E-state index in [4.69, 9.17) is 5.26 Å². The zero-order chi connectivity index (χ0) is 17.5. The van der Waals surface area contributed by atoms with Crippen LogP contribution >= 0.6 is 0 Å². The first-order valence-electron chi connectivity index (χ1n) is 10.7. The fraction of sp³-hybridized carbons (Fsp3) is 0.609. The number of nitrogens with zero attached hydrogens (tertiary/aromatic N) is 2. The van der Waals surface area contributed by atoms with Gasteiger partial charge in [-0.3, -0.25) is 0 Å². The van der Waals surface area contributed by atoms with Crippen molar-refractivity contribution in [3.05, 3.63) is 35.0 Å². The molecule has 1 aromatic heterocycles. The van der Waals surface area contributed by atoms with Crippen LogP contribution in [0.4, 0.5) is 0 Å². The quantitative estimate of drug-likeness (QED) is 0.897. The smallest absolute Gasteiger partial charge is 0.129 e. The lowest BCUT2D eigenvalue weighted by Gasteiger charge is -2.36. The summed E-state index contributed by atoms with van der Waals surface area (Å²) in [6.45, 7) is 3.30. The van der Waals surface area contributed by atoms with E-state index in [0.29, 0.717) is 12.5 Å². The van der Waals surface area contributed by atoms with Crippen molar-refractivity contribution < 1.29 is 4.90 Å². The first-order valence-corrected chi connectivity index (χ1v) is 10.7. The number of fused-ring (bicyclic) bond motifs is 3. The number of hydrogen-bond acceptors (Lipinski definition) is 1. The first kappa shape index (κ1) is 16.4. The summed E-state index contributed by atoms with van der Waals surface area (Å²) in [5.41, 5.74) is 6.32. The maximum atomic E-state index is 9.02. The van der Waals surface area contributed by atoms with Crippen LogP contribution in [0.1, 0.15) is 80.1 Å². The van der Waals surface area contributed by atoms with Crippen LogP contribution < -0.4 is 4.90 Å². The highest BCUT2D eigenvalue weighted by molar-refractivity contribution is 5.87.